The van der Waals surface area contributed by atoms with Gasteiger partial charge in [0.2, 0.25) is 17.1 Å². The van der Waals surface area contributed by atoms with Crippen molar-refractivity contribution in [2.24, 2.45) is 0 Å². The Hall–Kier alpha value is -3.59. The monoisotopic (exact) mass is 421 g/mol. The van der Waals surface area contributed by atoms with E-state index in [0.29, 0.717) is 0 Å². The molecule has 4 aromatic rings. The van der Waals surface area contributed by atoms with Crippen LogP contribution in [-0.2, 0) is 6.42 Å². The molecule has 1 aromatic heterocycles. The number of para-hydroxylation sites is 4. The van der Waals surface area contributed by atoms with Gasteiger partial charge in [0, 0.05) is 43.3 Å². The fourth-order valence-corrected chi connectivity index (χ4v) is 4.55. The van der Waals surface area contributed by atoms with Crippen LogP contribution in [0.1, 0.15) is 37.9 Å². The van der Waals surface area contributed by atoms with Crippen LogP contribution in [0.15, 0.2) is 90.8 Å². The average Bonchev–Trinajstić information content (AvgIpc) is 3.20. The maximum Gasteiger partial charge on any atom is 0.219 e. The van der Waals surface area contributed by atoms with Crippen molar-refractivity contribution in [3.63, 3.8) is 0 Å². The molecule has 0 unspecified atom stereocenters. The lowest BCUT2D eigenvalue weighted by atomic mass is 10.0. The highest BCUT2D eigenvalue weighted by molar-refractivity contribution is 5.87. The SMILES string of the molecule is CCCCc1cc(/C=C2\Oc3ccccc3N2CC)c2ccccc2[n+]1-c1ccccc1. The molecule has 1 aliphatic rings. The van der Waals surface area contributed by atoms with E-state index < -0.39 is 0 Å². The fraction of sp³-hybridized carbons (Fsp3) is 0.207. The summed E-state index contributed by atoms with van der Waals surface area (Å²) in [6, 6.07) is 30.0. The molecule has 2 heterocycles. The van der Waals surface area contributed by atoms with Crippen molar-refractivity contribution < 1.29 is 9.30 Å². The number of fused-ring (bicyclic) bond motifs is 2. The van der Waals surface area contributed by atoms with Crippen molar-refractivity contribution in [3.05, 3.63) is 102 Å². The highest BCUT2D eigenvalue weighted by atomic mass is 16.5. The highest BCUT2D eigenvalue weighted by Crippen LogP contribution is 2.39. The molecule has 0 radical (unpaired) electrons. The first kappa shape index (κ1) is 20.3. The minimum Gasteiger partial charge on any atom is -0.439 e. The Morgan fingerprint density at radius 3 is 2.44 bits per heavy atom. The third kappa shape index (κ3) is 3.64. The van der Waals surface area contributed by atoms with E-state index in [9.17, 15) is 0 Å². The summed E-state index contributed by atoms with van der Waals surface area (Å²) in [5.41, 5.74) is 6.07. The van der Waals surface area contributed by atoms with Crippen molar-refractivity contribution in [1.82, 2.24) is 0 Å². The molecule has 0 aliphatic carbocycles. The van der Waals surface area contributed by atoms with Crippen molar-refractivity contribution in [2.45, 2.75) is 33.1 Å². The predicted octanol–water partition coefficient (Wildman–Crippen LogP) is 6.68. The lowest BCUT2D eigenvalue weighted by Gasteiger charge is -2.16. The number of ether oxygens (including phenoxy) is 1. The van der Waals surface area contributed by atoms with E-state index in [2.05, 4.69) is 102 Å². The van der Waals surface area contributed by atoms with Gasteiger partial charge in [-0.15, -0.1) is 0 Å². The van der Waals surface area contributed by atoms with Gasteiger partial charge in [-0.2, -0.15) is 4.57 Å². The lowest BCUT2D eigenvalue weighted by Crippen LogP contribution is -2.37. The molecule has 32 heavy (non-hydrogen) atoms. The number of aromatic nitrogens is 1. The third-order valence-electron chi connectivity index (χ3n) is 6.10. The fourth-order valence-electron chi connectivity index (χ4n) is 4.55. The highest BCUT2D eigenvalue weighted by Gasteiger charge is 2.26. The van der Waals surface area contributed by atoms with Gasteiger partial charge >= 0.3 is 0 Å². The number of benzene rings is 3. The molecular formula is C29H29N2O+. The number of rotatable bonds is 6. The smallest absolute Gasteiger partial charge is 0.219 e. The summed E-state index contributed by atoms with van der Waals surface area (Å²) >= 11 is 0. The second kappa shape index (κ2) is 8.88. The van der Waals surface area contributed by atoms with Crippen molar-refractivity contribution >= 4 is 22.7 Å². The Balaban J connectivity index is 1.70. The first-order valence-electron chi connectivity index (χ1n) is 11.6. The molecule has 0 atom stereocenters. The lowest BCUT2D eigenvalue weighted by molar-refractivity contribution is -0.576. The van der Waals surface area contributed by atoms with Crippen molar-refractivity contribution in [2.75, 3.05) is 11.4 Å². The number of pyridine rings is 1. The number of anilines is 1. The molecule has 3 aromatic carbocycles. The van der Waals surface area contributed by atoms with E-state index in [4.69, 9.17) is 4.74 Å². The van der Waals surface area contributed by atoms with Crippen LogP contribution in [0.3, 0.4) is 0 Å². The van der Waals surface area contributed by atoms with Crippen LogP contribution in [0.2, 0.25) is 0 Å². The maximum absolute atomic E-state index is 6.28. The second-order valence-corrected chi connectivity index (χ2v) is 8.18. The van der Waals surface area contributed by atoms with E-state index in [1.165, 1.54) is 34.3 Å². The zero-order chi connectivity index (χ0) is 21.9. The molecular weight excluding hydrogens is 392 g/mol. The molecule has 3 nitrogen and oxygen atoms in total. The van der Waals surface area contributed by atoms with Crippen molar-refractivity contribution in [3.8, 4) is 11.4 Å². The van der Waals surface area contributed by atoms with E-state index in [1.807, 2.05) is 12.1 Å². The number of aryl methyl sites for hydroxylation is 1. The normalized spacial score (nSPS) is 14.1. The Labute approximate surface area is 190 Å². The predicted molar refractivity (Wildman–Crippen MR) is 132 cm³/mol. The molecule has 0 spiro atoms. The summed E-state index contributed by atoms with van der Waals surface area (Å²) < 4.78 is 8.69. The molecule has 5 rings (SSSR count). The number of hydrogen-bond donors (Lipinski definition) is 0. The van der Waals surface area contributed by atoms with Gasteiger partial charge < -0.3 is 9.64 Å². The van der Waals surface area contributed by atoms with Gasteiger partial charge in [0.05, 0.1) is 11.1 Å². The summed E-state index contributed by atoms with van der Waals surface area (Å²) in [5.74, 6) is 1.81. The van der Waals surface area contributed by atoms with E-state index in [1.54, 1.807) is 0 Å². The van der Waals surface area contributed by atoms with Crippen LogP contribution in [0, 0.1) is 0 Å². The van der Waals surface area contributed by atoms with E-state index in [0.717, 1.165) is 36.7 Å². The van der Waals surface area contributed by atoms with Crippen molar-refractivity contribution in [1.29, 1.82) is 0 Å². The van der Waals surface area contributed by atoms with Crippen LogP contribution in [-0.4, -0.2) is 6.54 Å². The molecule has 1 aliphatic heterocycles. The zero-order valence-corrected chi connectivity index (χ0v) is 18.8. The summed E-state index contributed by atoms with van der Waals surface area (Å²) in [4.78, 5) is 2.24. The molecule has 160 valence electrons. The largest absolute Gasteiger partial charge is 0.439 e. The minimum absolute atomic E-state index is 0.861. The summed E-state index contributed by atoms with van der Waals surface area (Å²) in [6.07, 6.45) is 5.56. The first-order chi connectivity index (χ1) is 15.8. The van der Waals surface area contributed by atoms with Gasteiger partial charge in [-0.1, -0.05) is 55.8 Å². The van der Waals surface area contributed by atoms with Gasteiger partial charge in [-0.05, 0) is 37.1 Å². The van der Waals surface area contributed by atoms with Gasteiger partial charge in [0.1, 0.15) is 0 Å². The van der Waals surface area contributed by atoms with Crippen LogP contribution >= 0.6 is 0 Å². The van der Waals surface area contributed by atoms with Crippen LogP contribution in [0.4, 0.5) is 5.69 Å². The van der Waals surface area contributed by atoms with Crippen LogP contribution in [0.25, 0.3) is 22.7 Å². The van der Waals surface area contributed by atoms with E-state index in [-0.39, 0.29) is 0 Å². The minimum atomic E-state index is 0.861. The van der Waals surface area contributed by atoms with Gasteiger partial charge in [0.15, 0.2) is 11.4 Å². The third-order valence-corrected chi connectivity index (χ3v) is 6.10. The molecule has 0 N–H and O–H groups in total. The Morgan fingerprint density at radius 2 is 1.62 bits per heavy atom. The average molecular weight is 422 g/mol. The standard InChI is InChI=1S/C29H29N2O/c1-3-5-13-24-20-22(21-29-30(4-2)27-18-11-12-19-28(27)32-29)25-16-9-10-17-26(25)31(24)23-14-7-6-8-15-23/h6-12,14-21H,3-5,13H2,1-2H3/q+1. The summed E-state index contributed by atoms with van der Waals surface area (Å²) in [6.45, 7) is 5.28. The summed E-state index contributed by atoms with van der Waals surface area (Å²) in [5, 5.41) is 1.22. The maximum atomic E-state index is 6.28. The molecule has 0 fully saturated rings. The second-order valence-electron chi connectivity index (χ2n) is 8.18. The van der Waals surface area contributed by atoms with Crippen LogP contribution < -0.4 is 14.2 Å². The molecule has 0 saturated heterocycles. The Kier molecular flexibility index (Phi) is 5.64. The molecule has 3 heteroatoms. The van der Waals surface area contributed by atoms with Gasteiger partial charge in [-0.3, -0.25) is 0 Å². The number of nitrogens with zero attached hydrogens (tertiary/aromatic N) is 2. The number of unbranched alkanes of at least 4 members (excludes halogenated alkanes) is 1. The first-order valence-corrected chi connectivity index (χ1v) is 11.6. The molecule has 0 amide bonds. The van der Waals surface area contributed by atoms with Crippen LogP contribution in [0.5, 0.6) is 5.75 Å². The zero-order valence-electron chi connectivity index (χ0n) is 18.8. The Morgan fingerprint density at radius 1 is 0.875 bits per heavy atom. The Bertz CT molecular complexity index is 1280. The quantitative estimate of drug-likeness (QED) is 0.323. The van der Waals surface area contributed by atoms with Gasteiger partial charge in [-0.25, -0.2) is 0 Å². The number of hydrogen-bond acceptors (Lipinski definition) is 2. The molecule has 0 bridgehead atoms. The molecule has 0 saturated carbocycles. The summed E-state index contributed by atoms with van der Waals surface area (Å²) in [7, 11) is 0. The topological polar surface area (TPSA) is 16.4 Å². The van der Waals surface area contributed by atoms with Gasteiger partial charge in [0.25, 0.3) is 0 Å². The van der Waals surface area contributed by atoms with E-state index >= 15 is 0 Å².